The Bertz CT molecular complexity index is 467. The van der Waals surface area contributed by atoms with Crippen molar-refractivity contribution in [2.45, 2.75) is 13.8 Å². The number of piperazine rings is 1. The Morgan fingerprint density at radius 2 is 1.95 bits per heavy atom. The van der Waals surface area contributed by atoms with Gasteiger partial charge in [0.1, 0.15) is 0 Å². The van der Waals surface area contributed by atoms with Crippen molar-refractivity contribution in [3.8, 4) is 0 Å². The summed E-state index contributed by atoms with van der Waals surface area (Å²) in [6.07, 6.45) is 0. The van der Waals surface area contributed by atoms with Gasteiger partial charge in [-0.05, 0) is 31.7 Å². The number of anilines is 2. The summed E-state index contributed by atoms with van der Waals surface area (Å²) in [7, 11) is 0. The van der Waals surface area contributed by atoms with Crippen molar-refractivity contribution in [3.63, 3.8) is 0 Å². The molecule has 1 aromatic carbocycles. The lowest BCUT2D eigenvalue weighted by atomic mass is 10.1. The molecular weight excluding hydrogens is 252 g/mol. The van der Waals surface area contributed by atoms with E-state index in [0.29, 0.717) is 17.8 Å². The summed E-state index contributed by atoms with van der Waals surface area (Å²) < 4.78 is 0. The highest BCUT2D eigenvalue weighted by molar-refractivity contribution is 6.00. The molecule has 1 aliphatic heterocycles. The largest absolute Gasteiger partial charge is 0.399 e. The van der Waals surface area contributed by atoms with Gasteiger partial charge in [-0.15, -0.1) is 0 Å². The van der Waals surface area contributed by atoms with E-state index in [9.17, 15) is 4.79 Å². The fourth-order valence-electron chi connectivity index (χ4n) is 2.56. The molecule has 0 unspecified atom stereocenters. The van der Waals surface area contributed by atoms with Crippen LogP contribution < -0.4 is 16.0 Å². The van der Waals surface area contributed by atoms with E-state index in [1.54, 1.807) is 6.07 Å². The second kappa shape index (κ2) is 6.61. The Hall–Kier alpha value is -1.75. The normalized spacial score (nSPS) is 16.2. The highest BCUT2D eigenvalue weighted by atomic mass is 16.1. The second-order valence-corrected chi connectivity index (χ2v) is 5.06. The maximum atomic E-state index is 12.2. The van der Waals surface area contributed by atoms with Crippen molar-refractivity contribution in [2.75, 3.05) is 49.9 Å². The average Bonchev–Trinajstić information content (AvgIpc) is 2.47. The minimum atomic E-state index is -0.0274. The van der Waals surface area contributed by atoms with Gasteiger partial charge in [0.2, 0.25) is 0 Å². The van der Waals surface area contributed by atoms with Crippen molar-refractivity contribution in [3.05, 3.63) is 23.8 Å². The molecule has 1 heterocycles. The third kappa shape index (κ3) is 3.22. The van der Waals surface area contributed by atoms with Gasteiger partial charge in [0.15, 0.2) is 0 Å². The average molecular weight is 276 g/mol. The molecular formula is C15H24N4O. The molecule has 3 N–H and O–H groups in total. The number of hydrogen-bond donors (Lipinski definition) is 2. The third-order valence-corrected chi connectivity index (χ3v) is 3.76. The molecule has 2 rings (SSSR count). The van der Waals surface area contributed by atoms with Gasteiger partial charge in [-0.3, -0.25) is 4.79 Å². The van der Waals surface area contributed by atoms with Crippen LogP contribution in [-0.4, -0.2) is 50.1 Å². The van der Waals surface area contributed by atoms with Gasteiger partial charge in [0.25, 0.3) is 5.91 Å². The number of nitrogens with zero attached hydrogens (tertiary/aromatic N) is 2. The lowest BCUT2D eigenvalue weighted by molar-refractivity contribution is 0.0956. The number of rotatable bonds is 4. The summed E-state index contributed by atoms with van der Waals surface area (Å²) in [5.41, 5.74) is 8.26. The maximum Gasteiger partial charge on any atom is 0.253 e. The summed E-state index contributed by atoms with van der Waals surface area (Å²) in [6, 6.07) is 5.52. The van der Waals surface area contributed by atoms with Crippen molar-refractivity contribution in [1.82, 2.24) is 10.2 Å². The van der Waals surface area contributed by atoms with Crippen LogP contribution in [0.25, 0.3) is 0 Å². The molecule has 1 saturated heterocycles. The lowest BCUT2D eigenvalue weighted by Crippen LogP contribution is -2.46. The standard InChI is InChI=1S/C15H24N4O/c1-3-17-15(20)13-6-5-12(16)11-14(13)19-9-7-18(4-2)8-10-19/h5-6,11H,3-4,7-10,16H2,1-2H3,(H,17,20). The van der Waals surface area contributed by atoms with E-state index in [2.05, 4.69) is 22.0 Å². The number of likely N-dealkylation sites (N-methyl/N-ethyl adjacent to an activating group) is 1. The van der Waals surface area contributed by atoms with Crippen molar-refractivity contribution >= 4 is 17.3 Å². The number of hydrogen-bond acceptors (Lipinski definition) is 4. The minimum Gasteiger partial charge on any atom is -0.399 e. The first kappa shape index (κ1) is 14.7. The highest BCUT2D eigenvalue weighted by Crippen LogP contribution is 2.25. The second-order valence-electron chi connectivity index (χ2n) is 5.06. The molecule has 110 valence electrons. The molecule has 0 bridgehead atoms. The van der Waals surface area contributed by atoms with Crippen LogP contribution >= 0.6 is 0 Å². The van der Waals surface area contributed by atoms with Crippen LogP contribution in [0.4, 0.5) is 11.4 Å². The van der Waals surface area contributed by atoms with Gasteiger partial charge >= 0.3 is 0 Å². The number of benzene rings is 1. The Labute approximate surface area is 120 Å². The Morgan fingerprint density at radius 3 is 2.55 bits per heavy atom. The van der Waals surface area contributed by atoms with Crippen molar-refractivity contribution < 1.29 is 4.79 Å². The predicted octanol–water partition coefficient (Wildman–Crippen LogP) is 1.16. The molecule has 20 heavy (non-hydrogen) atoms. The lowest BCUT2D eigenvalue weighted by Gasteiger charge is -2.36. The molecule has 1 amide bonds. The number of amides is 1. The van der Waals surface area contributed by atoms with E-state index < -0.39 is 0 Å². The quantitative estimate of drug-likeness (QED) is 0.810. The van der Waals surface area contributed by atoms with Crippen LogP contribution in [0.3, 0.4) is 0 Å². The number of nitrogens with two attached hydrogens (primary N) is 1. The van der Waals surface area contributed by atoms with Gasteiger partial charge in [-0.2, -0.15) is 0 Å². The first-order chi connectivity index (χ1) is 9.65. The number of carbonyl (C=O) groups excluding carboxylic acids is 1. The van der Waals surface area contributed by atoms with Gasteiger partial charge in [-0.25, -0.2) is 0 Å². The van der Waals surface area contributed by atoms with Crippen LogP contribution in [0.2, 0.25) is 0 Å². The predicted molar refractivity (Wildman–Crippen MR) is 83.2 cm³/mol. The Kier molecular flexibility index (Phi) is 4.84. The molecule has 0 radical (unpaired) electrons. The van der Waals surface area contributed by atoms with Crippen LogP contribution in [0.15, 0.2) is 18.2 Å². The van der Waals surface area contributed by atoms with Crippen LogP contribution in [-0.2, 0) is 0 Å². The van der Waals surface area contributed by atoms with Gasteiger partial charge < -0.3 is 20.9 Å². The third-order valence-electron chi connectivity index (χ3n) is 3.76. The van der Waals surface area contributed by atoms with Crippen LogP contribution in [0, 0.1) is 0 Å². The van der Waals surface area contributed by atoms with E-state index in [0.717, 1.165) is 38.4 Å². The van der Waals surface area contributed by atoms with E-state index in [1.807, 2.05) is 19.1 Å². The molecule has 1 aliphatic rings. The summed E-state index contributed by atoms with van der Waals surface area (Å²) in [6.45, 7) is 9.74. The van der Waals surface area contributed by atoms with Crippen LogP contribution in [0.5, 0.6) is 0 Å². The van der Waals surface area contributed by atoms with Gasteiger partial charge in [0, 0.05) is 38.4 Å². The van der Waals surface area contributed by atoms with Crippen molar-refractivity contribution in [1.29, 1.82) is 0 Å². The summed E-state index contributed by atoms with van der Waals surface area (Å²) in [5, 5.41) is 2.86. The van der Waals surface area contributed by atoms with Crippen LogP contribution in [0.1, 0.15) is 24.2 Å². The highest BCUT2D eigenvalue weighted by Gasteiger charge is 2.20. The van der Waals surface area contributed by atoms with E-state index in [4.69, 9.17) is 5.73 Å². The SMILES string of the molecule is CCNC(=O)c1ccc(N)cc1N1CCN(CC)CC1. The molecule has 5 nitrogen and oxygen atoms in total. The first-order valence-corrected chi connectivity index (χ1v) is 7.30. The van der Waals surface area contributed by atoms with E-state index >= 15 is 0 Å². The van der Waals surface area contributed by atoms with Crippen molar-refractivity contribution in [2.24, 2.45) is 0 Å². The maximum absolute atomic E-state index is 12.2. The minimum absolute atomic E-state index is 0.0274. The molecule has 0 atom stereocenters. The zero-order chi connectivity index (χ0) is 14.5. The molecule has 1 fully saturated rings. The van der Waals surface area contributed by atoms with Gasteiger partial charge in [-0.1, -0.05) is 6.92 Å². The zero-order valence-electron chi connectivity index (χ0n) is 12.4. The smallest absolute Gasteiger partial charge is 0.253 e. The first-order valence-electron chi connectivity index (χ1n) is 7.30. The topological polar surface area (TPSA) is 61.6 Å². The fraction of sp³-hybridized carbons (Fsp3) is 0.533. The molecule has 0 aromatic heterocycles. The summed E-state index contributed by atoms with van der Waals surface area (Å²) >= 11 is 0. The number of nitrogens with one attached hydrogen (secondary N) is 1. The zero-order valence-corrected chi connectivity index (χ0v) is 12.4. The van der Waals surface area contributed by atoms with E-state index in [-0.39, 0.29) is 5.91 Å². The Morgan fingerprint density at radius 1 is 1.25 bits per heavy atom. The summed E-state index contributed by atoms with van der Waals surface area (Å²) in [5.74, 6) is -0.0274. The molecule has 0 spiro atoms. The fourth-order valence-corrected chi connectivity index (χ4v) is 2.56. The summed E-state index contributed by atoms with van der Waals surface area (Å²) in [4.78, 5) is 16.8. The van der Waals surface area contributed by atoms with E-state index in [1.165, 1.54) is 0 Å². The monoisotopic (exact) mass is 276 g/mol. The molecule has 0 aliphatic carbocycles. The molecule has 1 aromatic rings. The molecule has 5 heteroatoms. The van der Waals surface area contributed by atoms with Gasteiger partial charge in [0.05, 0.1) is 11.3 Å². The number of nitrogen functional groups attached to an aromatic ring is 1. The Balaban J connectivity index is 2.21. The molecule has 0 saturated carbocycles. The number of carbonyl (C=O) groups is 1.